The van der Waals surface area contributed by atoms with Crippen LogP contribution in [0, 0.1) is 6.92 Å². The fourth-order valence-corrected chi connectivity index (χ4v) is 3.61. The van der Waals surface area contributed by atoms with Crippen molar-refractivity contribution in [2.75, 3.05) is 13.1 Å². The first kappa shape index (κ1) is 19.9. The van der Waals surface area contributed by atoms with Crippen LogP contribution < -0.4 is 4.83 Å². The molecule has 0 spiro atoms. The topological polar surface area (TPSA) is 88.1 Å². The van der Waals surface area contributed by atoms with E-state index in [0.29, 0.717) is 31.6 Å². The Morgan fingerprint density at radius 3 is 2.36 bits per heavy atom. The van der Waals surface area contributed by atoms with E-state index in [1.807, 2.05) is 37.3 Å². The third kappa shape index (κ3) is 5.32. The van der Waals surface area contributed by atoms with E-state index < -0.39 is 10.0 Å². The van der Waals surface area contributed by atoms with Crippen LogP contribution in [0.4, 0.5) is 4.79 Å². The maximum absolute atomic E-state index is 12.3. The van der Waals surface area contributed by atoms with Gasteiger partial charge in [0.1, 0.15) is 6.61 Å². The lowest BCUT2D eigenvalue weighted by Gasteiger charge is -2.26. The number of hydrogen-bond acceptors (Lipinski definition) is 5. The second-order valence-electron chi connectivity index (χ2n) is 6.61. The van der Waals surface area contributed by atoms with Crippen molar-refractivity contribution in [1.29, 1.82) is 0 Å². The van der Waals surface area contributed by atoms with Crippen molar-refractivity contribution < 1.29 is 17.9 Å². The van der Waals surface area contributed by atoms with E-state index in [2.05, 4.69) is 9.93 Å². The highest BCUT2D eigenvalue weighted by atomic mass is 32.2. The molecule has 28 heavy (non-hydrogen) atoms. The van der Waals surface area contributed by atoms with Crippen LogP contribution >= 0.6 is 0 Å². The lowest BCUT2D eigenvalue weighted by Crippen LogP contribution is -2.39. The number of likely N-dealkylation sites (tertiary alicyclic amines) is 1. The highest BCUT2D eigenvalue weighted by molar-refractivity contribution is 7.89. The molecule has 1 heterocycles. The van der Waals surface area contributed by atoms with Gasteiger partial charge in [-0.3, -0.25) is 0 Å². The second-order valence-corrected chi connectivity index (χ2v) is 8.27. The fourth-order valence-electron chi connectivity index (χ4n) is 2.76. The standard InChI is InChI=1S/C20H23N3O4S/c1-16-7-9-19(10-8-16)28(25,26)22-21-18-11-13-23(14-12-18)20(24)27-15-17-5-3-2-4-6-17/h2-10,22H,11-15H2,1H3. The van der Waals surface area contributed by atoms with Gasteiger partial charge in [0.15, 0.2) is 0 Å². The monoisotopic (exact) mass is 401 g/mol. The Bertz CT molecular complexity index is 931. The van der Waals surface area contributed by atoms with Crippen LogP contribution in [-0.2, 0) is 21.4 Å². The molecule has 0 saturated carbocycles. The van der Waals surface area contributed by atoms with Gasteiger partial charge in [-0.25, -0.2) is 9.63 Å². The molecule has 1 N–H and O–H groups in total. The van der Waals surface area contributed by atoms with Crippen molar-refractivity contribution in [3.05, 3.63) is 65.7 Å². The second kappa shape index (κ2) is 8.88. The summed E-state index contributed by atoms with van der Waals surface area (Å²) < 4.78 is 29.9. The number of carbonyl (C=O) groups excluding carboxylic acids is 1. The van der Waals surface area contributed by atoms with E-state index in [-0.39, 0.29) is 17.6 Å². The van der Waals surface area contributed by atoms with Gasteiger partial charge >= 0.3 is 6.09 Å². The van der Waals surface area contributed by atoms with Gasteiger partial charge in [-0.05, 0) is 24.6 Å². The Hall–Kier alpha value is -2.87. The van der Waals surface area contributed by atoms with Gasteiger partial charge in [-0.2, -0.15) is 13.5 Å². The van der Waals surface area contributed by atoms with Crippen LogP contribution in [-0.4, -0.2) is 38.2 Å². The molecule has 0 radical (unpaired) electrons. The summed E-state index contributed by atoms with van der Waals surface area (Å²) in [5.41, 5.74) is 2.63. The minimum absolute atomic E-state index is 0.171. The number of nitrogens with zero attached hydrogens (tertiary/aromatic N) is 2. The minimum atomic E-state index is -3.69. The molecule has 2 aromatic rings. The quantitative estimate of drug-likeness (QED) is 0.780. The van der Waals surface area contributed by atoms with Gasteiger partial charge in [-0.15, -0.1) is 0 Å². The smallest absolute Gasteiger partial charge is 0.410 e. The molecule has 1 aliphatic rings. The lowest BCUT2D eigenvalue weighted by atomic mass is 10.1. The number of hydrogen-bond donors (Lipinski definition) is 1. The summed E-state index contributed by atoms with van der Waals surface area (Å²) >= 11 is 0. The summed E-state index contributed by atoms with van der Waals surface area (Å²) in [5, 5.41) is 4.04. The molecule has 1 fully saturated rings. The summed E-state index contributed by atoms with van der Waals surface area (Å²) in [6.07, 6.45) is 0.622. The number of aryl methyl sites for hydroxylation is 1. The number of carbonyl (C=O) groups is 1. The Kier molecular flexibility index (Phi) is 6.30. The van der Waals surface area contributed by atoms with Gasteiger partial charge in [0.2, 0.25) is 0 Å². The number of sulfonamides is 1. The molecule has 3 rings (SSSR count). The molecule has 8 heteroatoms. The van der Waals surface area contributed by atoms with Crippen LogP contribution in [0.2, 0.25) is 0 Å². The summed E-state index contributed by atoms with van der Waals surface area (Å²) in [7, 11) is -3.69. The molecule has 1 saturated heterocycles. The van der Waals surface area contributed by atoms with E-state index >= 15 is 0 Å². The SMILES string of the molecule is Cc1ccc(S(=O)(=O)NN=C2CCN(C(=O)OCc3ccccc3)CC2)cc1. The molecular formula is C20H23N3O4S. The maximum Gasteiger partial charge on any atom is 0.410 e. The van der Waals surface area contributed by atoms with E-state index in [1.165, 1.54) is 0 Å². The van der Waals surface area contributed by atoms with Gasteiger partial charge in [-0.1, -0.05) is 48.0 Å². The Morgan fingerprint density at radius 2 is 1.71 bits per heavy atom. The zero-order valence-corrected chi connectivity index (χ0v) is 16.5. The van der Waals surface area contributed by atoms with E-state index in [1.54, 1.807) is 29.2 Å². The third-order valence-electron chi connectivity index (χ3n) is 4.46. The van der Waals surface area contributed by atoms with Crippen LogP contribution in [0.15, 0.2) is 64.6 Å². The summed E-state index contributed by atoms with van der Waals surface area (Å²) in [5.74, 6) is 0. The van der Waals surface area contributed by atoms with Crippen LogP contribution in [0.25, 0.3) is 0 Å². The van der Waals surface area contributed by atoms with Crippen LogP contribution in [0.1, 0.15) is 24.0 Å². The number of benzene rings is 2. The fraction of sp³-hybridized carbons (Fsp3) is 0.300. The number of hydrazone groups is 1. The first-order valence-electron chi connectivity index (χ1n) is 9.03. The summed E-state index contributed by atoms with van der Waals surface area (Å²) in [6, 6.07) is 16.1. The summed E-state index contributed by atoms with van der Waals surface area (Å²) in [4.78, 5) is 16.2. The first-order chi connectivity index (χ1) is 13.4. The van der Waals surface area contributed by atoms with Crippen molar-refractivity contribution in [3.63, 3.8) is 0 Å². The predicted molar refractivity (Wildman–Crippen MR) is 106 cm³/mol. The molecule has 0 aromatic heterocycles. The van der Waals surface area contributed by atoms with E-state index in [0.717, 1.165) is 11.1 Å². The summed E-state index contributed by atoms with van der Waals surface area (Å²) in [6.45, 7) is 3.01. The molecule has 0 bridgehead atoms. The molecule has 148 valence electrons. The molecule has 0 unspecified atom stereocenters. The third-order valence-corrected chi connectivity index (χ3v) is 5.68. The van der Waals surface area contributed by atoms with Crippen molar-refractivity contribution in [1.82, 2.24) is 9.73 Å². The highest BCUT2D eigenvalue weighted by Crippen LogP contribution is 2.12. The molecule has 1 amide bonds. The number of amides is 1. The molecular weight excluding hydrogens is 378 g/mol. The van der Waals surface area contributed by atoms with Crippen molar-refractivity contribution >= 4 is 21.8 Å². The average Bonchev–Trinajstić information content (AvgIpc) is 2.72. The molecule has 0 aliphatic carbocycles. The number of ether oxygens (including phenoxy) is 1. The zero-order chi connectivity index (χ0) is 20.0. The molecule has 2 aromatic carbocycles. The average molecular weight is 401 g/mol. The molecule has 1 aliphatic heterocycles. The van der Waals surface area contributed by atoms with Crippen LogP contribution in [0.5, 0.6) is 0 Å². The Labute approximate surface area is 165 Å². The van der Waals surface area contributed by atoms with Gasteiger partial charge in [0.05, 0.1) is 4.90 Å². The van der Waals surface area contributed by atoms with Gasteiger partial charge in [0, 0.05) is 31.6 Å². The van der Waals surface area contributed by atoms with Gasteiger partial charge < -0.3 is 9.64 Å². The Morgan fingerprint density at radius 1 is 1.07 bits per heavy atom. The minimum Gasteiger partial charge on any atom is -0.445 e. The number of piperidine rings is 1. The number of nitrogens with one attached hydrogen (secondary N) is 1. The zero-order valence-electron chi connectivity index (χ0n) is 15.7. The van der Waals surface area contributed by atoms with Crippen molar-refractivity contribution in [3.8, 4) is 0 Å². The van der Waals surface area contributed by atoms with Crippen molar-refractivity contribution in [2.24, 2.45) is 5.10 Å². The lowest BCUT2D eigenvalue weighted by molar-refractivity contribution is 0.0960. The van der Waals surface area contributed by atoms with E-state index in [4.69, 9.17) is 4.74 Å². The van der Waals surface area contributed by atoms with Crippen LogP contribution in [0.3, 0.4) is 0 Å². The highest BCUT2D eigenvalue weighted by Gasteiger charge is 2.22. The number of rotatable bonds is 5. The first-order valence-corrected chi connectivity index (χ1v) is 10.5. The van der Waals surface area contributed by atoms with E-state index in [9.17, 15) is 13.2 Å². The predicted octanol–water partition coefficient (Wildman–Crippen LogP) is 3.06. The van der Waals surface area contributed by atoms with Crippen molar-refractivity contribution in [2.45, 2.75) is 31.3 Å². The maximum atomic E-state index is 12.3. The molecule has 0 atom stereocenters. The Balaban J connectivity index is 1.49. The normalized spacial score (nSPS) is 14.5. The van der Waals surface area contributed by atoms with Gasteiger partial charge in [0.25, 0.3) is 10.0 Å². The largest absolute Gasteiger partial charge is 0.445 e. The molecule has 7 nitrogen and oxygen atoms in total.